The molecule has 14 heavy (non-hydrogen) atoms. The molecule has 1 amide bonds. The van der Waals surface area contributed by atoms with Crippen molar-refractivity contribution in [2.24, 2.45) is 0 Å². The number of nitrogens with one attached hydrogen (secondary N) is 1. The molecule has 0 bridgehead atoms. The summed E-state index contributed by atoms with van der Waals surface area (Å²) < 4.78 is 24.2. The van der Waals surface area contributed by atoms with Crippen LogP contribution in [0.25, 0.3) is 0 Å². The van der Waals surface area contributed by atoms with Gasteiger partial charge in [-0.05, 0) is 25.7 Å². The monoisotopic (exact) mass is 221 g/mol. The Hall–Kier alpha value is -0.460. The minimum absolute atomic E-state index is 0.239. The lowest BCUT2D eigenvalue weighted by molar-refractivity contribution is -0.126. The van der Waals surface area contributed by atoms with E-state index >= 15 is 0 Å². The van der Waals surface area contributed by atoms with E-state index in [0.29, 0.717) is 12.8 Å². The van der Waals surface area contributed by atoms with Gasteiger partial charge in [-0.3, -0.25) is 9.35 Å². The van der Waals surface area contributed by atoms with Gasteiger partial charge in [-0.15, -0.1) is 0 Å². The van der Waals surface area contributed by atoms with Crippen LogP contribution in [0.4, 0.5) is 0 Å². The zero-order valence-corrected chi connectivity index (χ0v) is 8.93. The number of hydrogen-bond acceptors (Lipinski definition) is 3. The summed E-state index contributed by atoms with van der Waals surface area (Å²) in [5.74, 6) is -0.239. The first kappa shape index (κ1) is 11.6. The average Bonchev–Trinajstić information content (AvgIpc) is 2.01. The second-order valence-electron chi connectivity index (χ2n) is 3.54. The first-order valence-corrected chi connectivity index (χ1v) is 5.66. The lowest BCUT2D eigenvalue weighted by Crippen LogP contribution is -2.51. The summed E-state index contributed by atoms with van der Waals surface area (Å²) in [6.45, 7) is 1.38. The van der Waals surface area contributed by atoms with Gasteiger partial charge >= 0.3 is 11.4 Å². The molecule has 1 atom stereocenters. The second kappa shape index (κ2) is 4.86. The van der Waals surface area contributed by atoms with Gasteiger partial charge in [-0.25, -0.2) is 4.18 Å². The van der Waals surface area contributed by atoms with Gasteiger partial charge in [0.25, 0.3) is 0 Å². The van der Waals surface area contributed by atoms with Crippen molar-refractivity contribution in [2.45, 2.75) is 44.8 Å². The molecule has 1 aliphatic carbocycles. The van der Waals surface area contributed by atoms with Crippen LogP contribution in [0, 0.1) is 0 Å². The zero-order chi connectivity index (χ0) is 10.6. The van der Waals surface area contributed by atoms with E-state index in [1.165, 1.54) is 6.92 Å². The fourth-order valence-electron chi connectivity index (χ4n) is 1.81. The van der Waals surface area contributed by atoms with Crippen LogP contribution in [0.15, 0.2) is 0 Å². The van der Waals surface area contributed by atoms with E-state index in [2.05, 4.69) is 5.32 Å². The van der Waals surface area contributed by atoms with Gasteiger partial charge in [-0.1, -0.05) is 6.42 Å². The van der Waals surface area contributed by atoms with Crippen LogP contribution in [-0.4, -0.2) is 20.4 Å². The van der Waals surface area contributed by atoms with Gasteiger partial charge in [0.15, 0.2) is 5.72 Å². The molecule has 6 heteroatoms. The molecule has 1 aliphatic rings. The summed E-state index contributed by atoms with van der Waals surface area (Å²) in [6, 6.07) is 0. The molecule has 0 heterocycles. The Labute approximate surface area is 85.7 Å². The Morgan fingerprint density at radius 3 is 2.43 bits per heavy atom. The van der Waals surface area contributed by atoms with Crippen molar-refractivity contribution < 1.29 is 17.7 Å². The Bertz CT molecular complexity index is 219. The molecule has 0 spiro atoms. The molecule has 0 aliphatic heterocycles. The van der Waals surface area contributed by atoms with Crippen molar-refractivity contribution in [1.82, 2.24) is 5.32 Å². The maximum Gasteiger partial charge on any atom is 0.304 e. The molecular weight excluding hydrogens is 206 g/mol. The highest BCUT2D eigenvalue weighted by Gasteiger charge is 2.35. The van der Waals surface area contributed by atoms with Crippen LogP contribution >= 0.6 is 0 Å². The molecule has 0 aromatic rings. The van der Waals surface area contributed by atoms with Crippen molar-refractivity contribution in [3.63, 3.8) is 0 Å². The van der Waals surface area contributed by atoms with Gasteiger partial charge in [-0.2, -0.15) is 4.21 Å². The van der Waals surface area contributed by atoms with E-state index in [4.69, 9.17) is 8.74 Å². The highest BCUT2D eigenvalue weighted by molar-refractivity contribution is 7.74. The van der Waals surface area contributed by atoms with E-state index in [-0.39, 0.29) is 5.91 Å². The van der Waals surface area contributed by atoms with E-state index in [0.717, 1.165) is 19.3 Å². The van der Waals surface area contributed by atoms with Crippen LogP contribution in [0.3, 0.4) is 0 Å². The third-order valence-electron chi connectivity index (χ3n) is 2.30. The van der Waals surface area contributed by atoms with Gasteiger partial charge in [0.05, 0.1) is 0 Å². The fraction of sp³-hybridized carbons (Fsp3) is 0.875. The average molecular weight is 221 g/mol. The molecule has 0 saturated heterocycles. The van der Waals surface area contributed by atoms with Crippen LogP contribution < -0.4 is 5.32 Å². The van der Waals surface area contributed by atoms with Gasteiger partial charge in [0.2, 0.25) is 5.91 Å². The molecule has 2 N–H and O–H groups in total. The highest BCUT2D eigenvalue weighted by atomic mass is 32.2. The molecule has 82 valence electrons. The molecule has 0 aromatic heterocycles. The second-order valence-corrected chi connectivity index (χ2v) is 4.14. The molecule has 1 unspecified atom stereocenters. The van der Waals surface area contributed by atoms with Crippen molar-refractivity contribution in [1.29, 1.82) is 0 Å². The summed E-state index contributed by atoms with van der Waals surface area (Å²) in [6.07, 6.45) is 4.06. The Morgan fingerprint density at radius 1 is 1.43 bits per heavy atom. The quantitative estimate of drug-likeness (QED) is 0.549. The van der Waals surface area contributed by atoms with Gasteiger partial charge < -0.3 is 5.32 Å². The van der Waals surface area contributed by atoms with Gasteiger partial charge in [0, 0.05) is 6.92 Å². The van der Waals surface area contributed by atoms with Crippen molar-refractivity contribution >= 4 is 17.3 Å². The number of amides is 1. The highest BCUT2D eigenvalue weighted by Crippen LogP contribution is 2.29. The van der Waals surface area contributed by atoms with Crippen LogP contribution in [0.2, 0.25) is 0 Å². The molecule has 1 rings (SSSR count). The maximum atomic E-state index is 10.9. The zero-order valence-electron chi connectivity index (χ0n) is 8.12. The summed E-state index contributed by atoms with van der Waals surface area (Å²) in [5.41, 5.74) is -0.927. The van der Waals surface area contributed by atoms with Crippen molar-refractivity contribution in [3.05, 3.63) is 0 Å². The number of rotatable bonds is 3. The Morgan fingerprint density at radius 2 is 2.00 bits per heavy atom. The lowest BCUT2D eigenvalue weighted by atomic mass is 9.92. The van der Waals surface area contributed by atoms with E-state index in [1.54, 1.807) is 0 Å². The Kier molecular flexibility index (Phi) is 4.03. The lowest BCUT2D eigenvalue weighted by Gasteiger charge is -2.35. The fourth-order valence-corrected chi connectivity index (χ4v) is 2.29. The summed E-state index contributed by atoms with van der Waals surface area (Å²) in [7, 11) is 0. The van der Waals surface area contributed by atoms with Crippen LogP contribution in [-0.2, 0) is 20.3 Å². The van der Waals surface area contributed by atoms with Crippen molar-refractivity contribution in [3.8, 4) is 0 Å². The third-order valence-corrected chi connectivity index (χ3v) is 2.76. The number of carbonyl (C=O) groups is 1. The maximum absolute atomic E-state index is 10.9. The molecule has 0 aromatic carbocycles. The summed E-state index contributed by atoms with van der Waals surface area (Å²) >= 11 is -2.33. The largest absolute Gasteiger partial charge is 0.327 e. The SMILES string of the molecule is CC(=O)NC1(OS(=O)O)CCCCC1. The Balaban J connectivity index is 2.66. The minimum atomic E-state index is -2.33. The first-order valence-electron chi connectivity index (χ1n) is 4.63. The van der Waals surface area contributed by atoms with Crippen LogP contribution in [0.5, 0.6) is 0 Å². The summed E-state index contributed by atoms with van der Waals surface area (Å²) in [5, 5.41) is 2.61. The molecule has 1 fully saturated rings. The first-order chi connectivity index (χ1) is 6.54. The summed E-state index contributed by atoms with van der Waals surface area (Å²) in [4.78, 5) is 10.9. The number of hydrogen-bond donors (Lipinski definition) is 2. The smallest absolute Gasteiger partial charge is 0.304 e. The molecule has 0 radical (unpaired) electrons. The van der Waals surface area contributed by atoms with Crippen molar-refractivity contribution in [2.75, 3.05) is 0 Å². The number of carbonyl (C=O) groups excluding carboxylic acids is 1. The molecular formula is C8H15NO4S. The third kappa shape index (κ3) is 3.36. The molecule has 1 saturated carbocycles. The van der Waals surface area contributed by atoms with E-state index < -0.39 is 17.1 Å². The predicted molar refractivity (Wildman–Crippen MR) is 51.5 cm³/mol. The predicted octanol–water partition coefficient (Wildman–Crippen LogP) is 0.936. The van der Waals surface area contributed by atoms with E-state index in [9.17, 15) is 9.00 Å². The van der Waals surface area contributed by atoms with Crippen LogP contribution in [0.1, 0.15) is 39.0 Å². The van der Waals surface area contributed by atoms with Gasteiger partial charge in [0.1, 0.15) is 0 Å². The topological polar surface area (TPSA) is 75.6 Å². The normalized spacial score (nSPS) is 22.7. The molecule has 5 nitrogen and oxygen atoms in total. The van der Waals surface area contributed by atoms with E-state index in [1.807, 2.05) is 0 Å². The minimum Gasteiger partial charge on any atom is -0.327 e. The standard InChI is InChI=1S/C8H15NO4S/c1-7(10)9-8(13-14(11)12)5-3-2-4-6-8/h2-6H2,1H3,(H,9,10)(H,11,12).